The molecule has 4 aromatic rings. The average Bonchev–Trinajstić information content (AvgIpc) is 3.08. The highest BCUT2D eigenvalue weighted by Gasteiger charge is 2.34. The van der Waals surface area contributed by atoms with E-state index in [2.05, 4.69) is 5.32 Å². The molecule has 2 amide bonds. The minimum absolute atomic E-state index is 0.0431. The summed E-state index contributed by atoms with van der Waals surface area (Å²) in [6, 6.07) is 28.7. The fraction of sp³-hybridized carbons (Fsp3) is 0.297. The van der Waals surface area contributed by atoms with Gasteiger partial charge >= 0.3 is 0 Å². The van der Waals surface area contributed by atoms with Crippen molar-refractivity contribution in [2.75, 3.05) is 31.6 Å². The van der Waals surface area contributed by atoms with Crippen molar-refractivity contribution in [2.45, 2.75) is 44.7 Å². The van der Waals surface area contributed by atoms with E-state index in [-0.39, 0.29) is 35.4 Å². The highest BCUT2D eigenvalue weighted by atomic mass is 32.2. The molecule has 0 unspecified atom stereocenters. The topological polar surface area (TPSA) is 105 Å². The Hall–Kier alpha value is -4.83. The lowest BCUT2D eigenvalue weighted by molar-refractivity contribution is -0.140. The average molecular weight is 658 g/mol. The Bertz CT molecular complexity index is 1730. The van der Waals surface area contributed by atoms with E-state index in [1.807, 2.05) is 63.2 Å². The molecule has 4 rings (SSSR count). The van der Waals surface area contributed by atoms with Gasteiger partial charge in [-0.3, -0.25) is 13.9 Å². The van der Waals surface area contributed by atoms with Crippen LogP contribution in [0.25, 0.3) is 0 Å². The molecule has 1 atom stereocenters. The number of ether oxygens (including phenoxy) is 2. The molecule has 0 aliphatic rings. The molecule has 9 nitrogen and oxygen atoms in total. The van der Waals surface area contributed by atoms with Crippen LogP contribution < -0.4 is 19.1 Å². The number of sulfonamides is 1. The molecule has 0 fully saturated rings. The Kier molecular flexibility index (Phi) is 12.0. The molecular formula is C37H43N3O6S. The maximum absolute atomic E-state index is 14.6. The highest BCUT2D eigenvalue weighted by molar-refractivity contribution is 7.92. The third-order valence-corrected chi connectivity index (χ3v) is 9.48. The summed E-state index contributed by atoms with van der Waals surface area (Å²) in [5.74, 6) is 0.456. The minimum Gasteiger partial charge on any atom is -0.497 e. The number of carbonyl (C=O) groups excluding carboxylic acids is 2. The summed E-state index contributed by atoms with van der Waals surface area (Å²) in [4.78, 5) is 30.0. The first-order valence-corrected chi connectivity index (χ1v) is 16.9. The van der Waals surface area contributed by atoms with Gasteiger partial charge in [-0.2, -0.15) is 0 Å². The smallest absolute Gasteiger partial charge is 0.264 e. The summed E-state index contributed by atoms with van der Waals surface area (Å²) < 4.78 is 40.2. The fourth-order valence-electron chi connectivity index (χ4n) is 5.06. The number of anilines is 1. The third-order valence-electron chi connectivity index (χ3n) is 7.69. The minimum atomic E-state index is -4.20. The molecule has 0 heterocycles. The van der Waals surface area contributed by atoms with Gasteiger partial charge in [0.05, 0.1) is 24.8 Å². The van der Waals surface area contributed by atoms with Crippen LogP contribution in [0, 0.1) is 12.8 Å². The van der Waals surface area contributed by atoms with Gasteiger partial charge in [0, 0.05) is 19.5 Å². The first kappa shape index (κ1) is 35.0. The molecule has 0 saturated carbocycles. The molecule has 10 heteroatoms. The molecule has 248 valence electrons. The zero-order chi connectivity index (χ0) is 34.0. The largest absolute Gasteiger partial charge is 0.497 e. The molecule has 0 aliphatic carbocycles. The Labute approximate surface area is 278 Å². The second-order valence-corrected chi connectivity index (χ2v) is 13.6. The van der Waals surface area contributed by atoms with Crippen LogP contribution in [0.3, 0.4) is 0 Å². The molecule has 0 saturated heterocycles. The van der Waals surface area contributed by atoms with Crippen LogP contribution in [0.2, 0.25) is 0 Å². The Morgan fingerprint density at radius 1 is 0.787 bits per heavy atom. The van der Waals surface area contributed by atoms with Gasteiger partial charge < -0.3 is 19.7 Å². The number of methoxy groups -OCH3 is 2. The summed E-state index contributed by atoms with van der Waals surface area (Å²) in [6.07, 6.45) is 0.230. The first-order chi connectivity index (χ1) is 22.5. The van der Waals surface area contributed by atoms with Crippen molar-refractivity contribution < 1.29 is 27.5 Å². The molecule has 0 radical (unpaired) electrons. The number of amides is 2. The van der Waals surface area contributed by atoms with E-state index in [0.717, 1.165) is 21.0 Å². The zero-order valence-corrected chi connectivity index (χ0v) is 28.4. The number of hydrogen-bond donors (Lipinski definition) is 1. The number of rotatable bonds is 15. The lowest BCUT2D eigenvalue weighted by Crippen LogP contribution is -2.53. The first-order valence-electron chi connectivity index (χ1n) is 15.5. The number of aryl methyl sites for hydroxylation is 1. The fourth-order valence-corrected chi connectivity index (χ4v) is 6.47. The number of hydrogen-bond acceptors (Lipinski definition) is 6. The van der Waals surface area contributed by atoms with E-state index >= 15 is 0 Å². The van der Waals surface area contributed by atoms with Crippen LogP contribution in [0.1, 0.15) is 30.5 Å². The van der Waals surface area contributed by atoms with Crippen LogP contribution in [0.4, 0.5) is 5.69 Å². The van der Waals surface area contributed by atoms with Crippen LogP contribution >= 0.6 is 0 Å². The highest BCUT2D eigenvalue weighted by Crippen LogP contribution is 2.27. The van der Waals surface area contributed by atoms with Crippen molar-refractivity contribution in [3.8, 4) is 11.5 Å². The monoisotopic (exact) mass is 657 g/mol. The number of carbonyl (C=O) groups is 2. The maximum Gasteiger partial charge on any atom is 0.264 e. The molecular weight excluding hydrogens is 614 g/mol. The van der Waals surface area contributed by atoms with E-state index in [1.54, 1.807) is 55.6 Å². The van der Waals surface area contributed by atoms with Crippen LogP contribution in [-0.4, -0.2) is 58.5 Å². The molecule has 0 bridgehead atoms. The van der Waals surface area contributed by atoms with E-state index in [0.29, 0.717) is 18.0 Å². The quantitative estimate of drug-likeness (QED) is 0.178. The predicted octanol–water partition coefficient (Wildman–Crippen LogP) is 5.62. The Morgan fingerprint density at radius 3 is 2.04 bits per heavy atom. The number of nitrogens with zero attached hydrogens (tertiary/aromatic N) is 2. The van der Waals surface area contributed by atoms with Crippen LogP contribution in [-0.2, 0) is 32.6 Å². The summed E-state index contributed by atoms with van der Waals surface area (Å²) >= 11 is 0. The predicted molar refractivity (Wildman–Crippen MR) is 184 cm³/mol. The molecule has 0 spiro atoms. The summed E-state index contributed by atoms with van der Waals surface area (Å²) in [5, 5.41) is 3.00. The van der Waals surface area contributed by atoms with Crippen molar-refractivity contribution in [1.82, 2.24) is 10.2 Å². The van der Waals surface area contributed by atoms with E-state index in [9.17, 15) is 18.0 Å². The molecule has 0 aliphatic heterocycles. The van der Waals surface area contributed by atoms with Gasteiger partial charge in [0.25, 0.3) is 10.0 Å². The third kappa shape index (κ3) is 9.36. The van der Waals surface area contributed by atoms with Crippen molar-refractivity contribution >= 4 is 27.5 Å². The van der Waals surface area contributed by atoms with Gasteiger partial charge in [0.1, 0.15) is 24.1 Å². The van der Waals surface area contributed by atoms with E-state index < -0.39 is 28.5 Å². The van der Waals surface area contributed by atoms with Gasteiger partial charge in [-0.15, -0.1) is 0 Å². The molecule has 47 heavy (non-hydrogen) atoms. The lowest BCUT2D eigenvalue weighted by atomic mass is 10.0. The normalized spacial score (nSPS) is 11.9. The van der Waals surface area contributed by atoms with Gasteiger partial charge in [-0.25, -0.2) is 8.42 Å². The van der Waals surface area contributed by atoms with Gasteiger partial charge in [-0.05, 0) is 72.5 Å². The zero-order valence-electron chi connectivity index (χ0n) is 27.6. The summed E-state index contributed by atoms with van der Waals surface area (Å²) in [6.45, 7) is 5.78. The van der Waals surface area contributed by atoms with Crippen molar-refractivity contribution in [2.24, 2.45) is 5.92 Å². The van der Waals surface area contributed by atoms with Crippen LogP contribution in [0.15, 0.2) is 108 Å². The second-order valence-electron chi connectivity index (χ2n) is 11.7. The van der Waals surface area contributed by atoms with Gasteiger partial charge in [0.15, 0.2) is 0 Å². The second kappa shape index (κ2) is 16.1. The lowest BCUT2D eigenvalue weighted by Gasteiger charge is -2.34. The van der Waals surface area contributed by atoms with Crippen molar-refractivity contribution in [1.29, 1.82) is 0 Å². The van der Waals surface area contributed by atoms with E-state index in [1.165, 1.54) is 24.1 Å². The van der Waals surface area contributed by atoms with E-state index in [4.69, 9.17) is 9.47 Å². The summed E-state index contributed by atoms with van der Waals surface area (Å²) in [7, 11) is -1.13. The van der Waals surface area contributed by atoms with Crippen molar-refractivity contribution in [3.05, 3.63) is 120 Å². The maximum atomic E-state index is 14.6. The standard InChI is InChI=1S/C37H43N3O6S/c1-27(2)24-38-37(42)35(23-29-10-7-6-8-11-29)39(25-30-12-9-13-33(22-30)46-5)36(41)26-40(31-16-18-32(45-4)19-17-31)47(43,44)34-20-14-28(3)15-21-34/h6-22,27,35H,23-26H2,1-5H3,(H,38,42)/t35-/m0/s1. The molecule has 4 aromatic carbocycles. The van der Waals surface area contributed by atoms with Crippen molar-refractivity contribution in [3.63, 3.8) is 0 Å². The number of nitrogens with one attached hydrogen (secondary N) is 1. The van der Waals surface area contributed by atoms with Crippen LogP contribution in [0.5, 0.6) is 11.5 Å². The molecule has 1 N–H and O–H groups in total. The molecule has 0 aromatic heterocycles. The van der Waals surface area contributed by atoms with Gasteiger partial charge in [0.2, 0.25) is 11.8 Å². The number of benzene rings is 4. The Balaban J connectivity index is 1.81. The SMILES string of the molecule is COc1ccc(N(CC(=O)N(Cc2cccc(OC)c2)[C@@H](Cc2ccccc2)C(=O)NCC(C)C)S(=O)(=O)c2ccc(C)cc2)cc1. The summed E-state index contributed by atoms with van der Waals surface area (Å²) in [5.41, 5.74) is 2.77. The Morgan fingerprint density at radius 2 is 1.43 bits per heavy atom. The van der Waals surface area contributed by atoms with Gasteiger partial charge in [-0.1, -0.05) is 74.0 Å².